The first kappa shape index (κ1) is 16.5. The lowest BCUT2D eigenvalue weighted by Crippen LogP contribution is -2.52. The quantitative estimate of drug-likeness (QED) is 0.899. The van der Waals surface area contributed by atoms with E-state index in [1.165, 1.54) is 4.90 Å². The Bertz CT molecular complexity index is 575. The Labute approximate surface area is 131 Å². The molecule has 1 saturated carbocycles. The number of nitrogens with zero attached hydrogens (tertiary/aromatic N) is 1. The third-order valence-electron chi connectivity index (χ3n) is 4.33. The van der Waals surface area contributed by atoms with Crippen molar-refractivity contribution in [3.05, 3.63) is 29.3 Å². The minimum absolute atomic E-state index is 0.0753. The number of benzene rings is 1. The van der Waals surface area contributed by atoms with Gasteiger partial charge in [0.05, 0.1) is 5.54 Å². The Balaban J connectivity index is 2.18. The van der Waals surface area contributed by atoms with Crippen molar-refractivity contribution in [3.8, 4) is 0 Å². The lowest BCUT2D eigenvalue weighted by molar-refractivity contribution is -0.122. The SMILES string of the molecule is Cc1ccc(NC(=O)C2(N)CCCCC2)cc1C(=O)N(C)C. The maximum Gasteiger partial charge on any atom is 0.253 e. The van der Waals surface area contributed by atoms with Crippen molar-refractivity contribution in [1.29, 1.82) is 0 Å². The van der Waals surface area contributed by atoms with Gasteiger partial charge < -0.3 is 16.0 Å². The Morgan fingerprint density at radius 3 is 2.41 bits per heavy atom. The Hall–Kier alpha value is -1.88. The lowest BCUT2D eigenvalue weighted by atomic mass is 9.82. The van der Waals surface area contributed by atoms with Crippen molar-refractivity contribution in [1.82, 2.24) is 4.90 Å². The highest BCUT2D eigenvalue weighted by molar-refractivity contribution is 6.00. The summed E-state index contributed by atoms with van der Waals surface area (Å²) in [5.74, 6) is -0.229. The monoisotopic (exact) mass is 303 g/mol. The predicted molar refractivity (Wildman–Crippen MR) is 87.8 cm³/mol. The number of nitrogens with two attached hydrogens (primary N) is 1. The summed E-state index contributed by atoms with van der Waals surface area (Å²) < 4.78 is 0. The Morgan fingerprint density at radius 1 is 1.18 bits per heavy atom. The Morgan fingerprint density at radius 2 is 1.82 bits per heavy atom. The molecule has 0 spiro atoms. The summed E-state index contributed by atoms with van der Waals surface area (Å²) in [4.78, 5) is 26.1. The van der Waals surface area contributed by atoms with E-state index in [2.05, 4.69) is 5.32 Å². The zero-order chi connectivity index (χ0) is 16.3. The van der Waals surface area contributed by atoms with Gasteiger partial charge in [-0.2, -0.15) is 0 Å². The van der Waals surface area contributed by atoms with Gasteiger partial charge in [-0.05, 0) is 37.5 Å². The zero-order valence-corrected chi connectivity index (χ0v) is 13.6. The fourth-order valence-corrected chi connectivity index (χ4v) is 2.84. The second kappa shape index (κ2) is 6.48. The van der Waals surface area contributed by atoms with Gasteiger partial charge in [0.2, 0.25) is 5.91 Å². The van der Waals surface area contributed by atoms with E-state index in [1.54, 1.807) is 20.2 Å². The standard InChI is InChI=1S/C17H25N3O2/c1-12-7-8-13(11-14(12)15(21)20(2)3)19-16(22)17(18)9-5-4-6-10-17/h7-8,11H,4-6,9-10,18H2,1-3H3,(H,19,22). The van der Waals surface area contributed by atoms with Crippen LogP contribution in [0.1, 0.15) is 48.0 Å². The molecule has 1 aliphatic carbocycles. The molecule has 0 heterocycles. The first-order valence-corrected chi connectivity index (χ1v) is 7.76. The van der Waals surface area contributed by atoms with Crippen LogP contribution >= 0.6 is 0 Å². The molecule has 3 N–H and O–H groups in total. The van der Waals surface area contributed by atoms with Gasteiger partial charge in [-0.15, -0.1) is 0 Å². The summed E-state index contributed by atoms with van der Waals surface area (Å²) in [5.41, 5.74) is 7.56. The number of hydrogen-bond donors (Lipinski definition) is 2. The van der Waals surface area contributed by atoms with Crippen molar-refractivity contribution in [2.45, 2.75) is 44.6 Å². The van der Waals surface area contributed by atoms with Gasteiger partial charge >= 0.3 is 0 Å². The molecule has 0 atom stereocenters. The van der Waals surface area contributed by atoms with E-state index in [0.29, 0.717) is 24.1 Å². The van der Waals surface area contributed by atoms with Gasteiger partial charge in [-0.3, -0.25) is 9.59 Å². The maximum absolute atomic E-state index is 12.5. The predicted octanol–water partition coefficient (Wildman–Crippen LogP) is 2.30. The van der Waals surface area contributed by atoms with Gasteiger partial charge in [0.1, 0.15) is 0 Å². The normalized spacial score (nSPS) is 16.9. The molecule has 5 heteroatoms. The fourth-order valence-electron chi connectivity index (χ4n) is 2.84. The molecule has 0 radical (unpaired) electrons. The van der Waals surface area contributed by atoms with Gasteiger partial charge in [-0.25, -0.2) is 0 Å². The molecule has 1 aromatic carbocycles. The van der Waals surface area contributed by atoms with Crippen molar-refractivity contribution in [3.63, 3.8) is 0 Å². The van der Waals surface area contributed by atoms with Crippen molar-refractivity contribution in [2.24, 2.45) is 5.73 Å². The largest absolute Gasteiger partial charge is 0.345 e. The second-order valence-electron chi connectivity index (χ2n) is 6.40. The summed E-state index contributed by atoms with van der Waals surface area (Å²) >= 11 is 0. The molecule has 2 amide bonds. The first-order chi connectivity index (χ1) is 10.3. The first-order valence-electron chi connectivity index (χ1n) is 7.76. The second-order valence-corrected chi connectivity index (χ2v) is 6.40. The van der Waals surface area contributed by atoms with Crippen LogP contribution in [0.2, 0.25) is 0 Å². The number of hydrogen-bond acceptors (Lipinski definition) is 3. The number of rotatable bonds is 3. The summed E-state index contributed by atoms with van der Waals surface area (Å²) in [6, 6.07) is 5.38. The van der Waals surface area contributed by atoms with Crippen LogP contribution in [-0.2, 0) is 4.79 Å². The highest BCUT2D eigenvalue weighted by Gasteiger charge is 2.35. The maximum atomic E-state index is 12.5. The molecule has 120 valence electrons. The number of carbonyl (C=O) groups is 2. The summed E-state index contributed by atoms with van der Waals surface area (Å²) in [6.45, 7) is 1.88. The minimum atomic E-state index is -0.783. The van der Waals surface area contributed by atoms with Crippen molar-refractivity contribution >= 4 is 17.5 Å². The minimum Gasteiger partial charge on any atom is -0.345 e. The van der Waals surface area contributed by atoms with Gasteiger partial charge in [0, 0.05) is 25.3 Å². The molecular formula is C17H25N3O2. The number of anilines is 1. The fraction of sp³-hybridized carbons (Fsp3) is 0.529. The van der Waals surface area contributed by atoms with E-state index in [9.17, 15) is 9.59 Å². The molecule has 1 fully saturated rings. The number of aryl methyl sites for hydroxylation is 1. The number of carbonyl (C=O) groups excluding carboxylic acids is 2. The summed E-state index contributed by atoms with van der Waals surface area (Å²) in [6.07, 6.45) is 4.55. The van der Waals surface area contributed by atoms with Crippen LogP contribution in [0.3, 0.4) is 0 Å². The van der Waals surface area contributed by atoms with Crippen LogP contribution in [0.4, 0.5) is 5.69 Å². The molecule has 0 unspecified atom stereocenters. The molecule has 0 saturated heterocycles. The van der Waals surface area contributed by atoms with Crippen LogP contribution < -0.4 is 11.1 Å². The number of nitrogens with one attached hydrogen (secondary N) is 1. The zero-order valence-electron chi connectivity index (χ0n) is 13.6. The average molecular weight is 303 g/mol. The van der Waals surface area contributed by atoms with E-state index < -0.39 is 5.54 Å². The van der Waals surface area contributed by atoms with Crippen LogP contribution in [0.25, 0.3) is 0 Å². The van der Waals surface area contributed by atoms with Crippen LogP contribution in [-0.4, -0.2) is 36.3 Å². The number of amides is 2. The highest BCUT2D eigenvalue weighted by atomic mass is 16.2. The van der Waals surface area contributed by atoms with E-state index >= 15 is 0 Å². The molecule has 2 rings (SSSR count). The van der Waals surface area contributed by atoms with Crippen molar-refractivity contribution in [2.75, 3.05) is 19.4 Å². The molecule has 1 aliphatic rings. The van der Waals surface area contributed by atoms with E-state index in [4.69, 9.17) is 5.73 Å². The lowest BCUT2D eigenvalue weighted by Gasteiger charge is -2.31. The van der Waals surface area contributed by atoms with Crippen molar-refractivity contribution < 1.29 is 9.59 Å². The third kappa shape index (κ3) is 3.47. The van der Waals surface area contributed by atoms with Crippen LogP contribution in [0.5, 0.6) is 0 Å². The molecule has 5 nitrogen and oxygen atoms in total. The Kier molecular flexibility index (Phi) is 4.86. The van der Waals surface area contributed by atoms with Crippen LogP contribution in [0, 0.1) is 6.92 Å². The summed E-state index contributed by atoms with van der Waals surface area (Å²) in [5, 5.41) is 2.88. The molecule has 1 aromatic rings. The molecule has 0 aliphatic heterocycles. The van der Waals surface area contributed by atoms with Gasteiger partial charge in [0.15, 0.2) is 0 Å². The molecule has 0 aromatic heterocycles. The van der Waals surface area contributed by atoms with Gasteiger partial charge in [0.25, 0.3) is 5.91 Å². The van der Waals surface area contributed by atoms with Gasteiger partial charge in [-0.1, -0.05) is 25.3 Å². The van der Waals surface area contributed by atoms with E-state index in [0.717, 1.165) is 24.8 Å². The third-order valence-corrected chi connectivity index (χ3v) is 4.33. The topological polar surface area (TPSA) is 75.4 Å². The highest BCUT2D eigenvalue weighted by Crippen LogP contribution is 2.27. The van der Waals surface area contributed by atoms with Crippen LogP contribution in [0.15, 0.2) is 18.2 Å². The van der Waals surface area contributed by atoms with E-state index in [1.807, 2.05) is 19.1 Å². The van der Waals surface area contributed by atoms with E-state index in [-0.39, 0.29) is 11.8 Å². The average Bonchev–Trinajstić information content (AvgIpc) is 2.49. The summed E-state index contributed by atoms with van der Waals surface area (Å²) in [7, 11) is 3.42. The molecule has 0 bridgehead atoms. The molecular weight excluding hydrogens is 278 g/mol. The molecule has 22 heavy (non-hydrogen) atoms. The smallest absolute Gasteiger partial charge is 0.253 e.